The third kappa shape index (κ3) is 20.0. The van der Waals surface area contributed by atoms with E-state index in [1.165, 1.54) is 68.9 Å². The highest BCUT2D eigenvalue weighted by molar-refractivity contribution is 5.64. The molecule has 0 saturated carbocycles. The molecule has 266 valence electrons. The summed E-state index contributed by atoms with van der Waals surface area (Å²) in [5, 5.41) is 0. The maximum atomic E-state index is 5.98. The lowest BCUT2D eigenvalue weighted by atomic mass is 10.1. The van der Waals surface area contributed by atoms with Crippen LogP contribution in [0.25, 0.3) is 11.1 Å². The first-order valence-electron chi connectivity index (χ1n) is 18.3. The Kier molecular flexibility index (Phi) is 23.1. The lowest BCUT2D eigenvalue weighted by molar-refractivity contribution is -0.0779. The Morgan fingerprint density at radius 1 is 0.489 bits per heavy atom. The molecule has 8 nitrogen and oxygen atoms in total. The summed E-state index contributed by atoms with van der Waals surface area (Å²) in [6.07, 6.45) is 15.1. The zero-order valence-corrected chi connectivity index (χ0v) is 29.1. The molecule has 47 heavy (non-hydrogen) atoms. The third-order valence-electron chi connectivity index (χ3n) is 8.07. The highest BCUT2D eigenvalue weighted by Gasteiger charge is 2.11. The van der Waals surface area contributed by atoms with E-state index < -0.39 is 0 Å². The second-order valence-corrected chi connectivity index (χ2v) is 12.1. The minimum atomic E-state index is -0.132. The SMILES string of the molecule is CCCCCCCCCCCCOc1ccc(-c2ccc(OCCCCOCC3COCCOCCOCCOCCO3)cc2)cc1. The van der Waals surface area contributed by atoms with Gasteiger partial charge in [-0.05, 0) is 54.7 Å². The number of benzene rings is 2. The fourth-order valence-electron chi connectivity index (χ4n) is 5.27. The highest BCUT2D eigenvalue weighted by atomic mass is 16.6. The second-order valence-electron chi connectivity index (χ2n) is 12.1. The summed E-state index contributed by atoms with van der Waals surface area (Å²) in [6, 6.07) is 16.7. The summed E-state index contributed by atoms with van der Waals surface area (Å²) in [4.78, 5) is 0. The maximum Gasteiger partial charge on any atom is 0.119 e. The van der Waals surface area contributed by atoms with Crippen molar-refractivity contribution in [2.75, 3.05) is 85.9 Å². The van der Waals surface area contributed by atoms with Crippen molar-refractivity contribution in [2.24, 2.45) is 0 Å². The fourth-order valence-corrected chi connectivity index (χ4v) is 5.27. The van der Waals surface area contributed by atoms with Crippen LogP contribution in [0, 0.1) is 0 Å². The Bertz CT molecular complexity index is 952. The van der Waals surface area contributed by atoms with Gasteiger partial charge in [0.1, 0.15) is 17.6 Å². The average molecular weight is 659 g/mol. The van der Waals surface area contributed by atoms with Gasteiger partial charge in [0, 0.05) is 6.61 Å². The van der Waals surface area contributed by atoms with Crippen molar-refractivity contribution in [1.29, 1.82) is 0 Å². The highest BCUT2D eigenvalue weighted by Crippen LogP contribution is 2.25. The quantitative estimate of drug-likeness (QED) is 0.124. The van der Waals surface area contributed by atoms with Gasteiger partial charge >= 0.3 is 0 Å². The summed E-state index contributed by atoms with van der Waals surface area (Å²) in [5.41, 5.74) is 2.34. The number of hydrogen-bond donors (Lipinski definition) is 0. The van der Waals surface area contributed by atoms with Crippen molar-refractivity contribution in [3.05, 3.63) is 48.5 Å². The van der Waals surface area contributed by atoms with Gasteiger partial charge in [-0.2, -0.15) is 0 Å². The van der Waals surface area contributed by atoms with E-state index in [2.05, 4.69) is 43.3 Å². The van der Waals surface area contributed by atoms with E-state index in [1.807, 2.05) is 12.1 Å². The Balaban J connectivity index is 1.21. The Hall–Kier alpha value is -2.20. The lowest BCUT2D eigenvalue weighted by Crippen LogP contribution is -2.28. The molecule has 1 saturated heterocycles. The second kappa shape index (κ2) is 27.7. The van der Waals surface area contributed by atoms with E-state index in [-0.39, 0.29) is 6.10 Å². The van der Waals surface area contributed by atoms with E-state index in [4.69, 9.17) is 37.9 Å². The standard InChI is InChI=1S/C39H62O8/c1-2-3-4-5-6-7-8-9-10-11-23-45-37-18-14-35(15-19-37)36-16-20-38(21-17-36)46-24-13-12-22-43-33-39-34-44-30-29-41-26-25-40-27-28-42-31-32-47-39/h14-21,39H,2-13,22-34H2,1H3. The molecule has 1 heterocycles. The molecule has 1 aliphatic rings. The molecule has 0 aromatic heterocycles. The van der Waals surface area contributed by atoms with Crippen LogP contribution in [-0.2, 0) is 28.4 Å². The largest absolute Gasteiger partial charge is 0.494 e. The summed E-state index contributed by atoms with van der Waals surface area (Å²) in [7, 11) is 0. The molecular weight excluding hydrogens is 596 g/mol. The lowest BCUT2D eigenvalue weighted by Gasteiger charge is -2.18. The van der Waals surface area contributed by atoms with Crippen LogP contribution in [0.2, 0.25) is 0 Å². The molecular formula is C39H62O8. The number of unbranched alkanes of at least 4 members (excludes halogenated alkanes) is 10. The molecule has 2 aromatic rings. The van der Waals surface area contributed by atoms with Crippen LogP contribution in [0.3, 0.4) is 0 Å². The van der Waals surface area contributed by atoms with E-state index in [1.54, 1.807) is 0 Å². The zero-order chi connectivity index (χ0) is 32.9. The van der Waals surface area contributed by atoms with Crippen molar-refractivity contribution in [2.45, 2.75) is 90.1 Å². The Labute approximate surface area is 284 Å². The van der Waals surface area contributed by atoms with Crippen LogP contribution in [0.15, 0.2) is 48.5 Å². The molecule has 0 spiro atoms. The van der Waals surface area contributed by atoms with E-state index in [9.17, 15) is 0 Å². The minimum absolute atomic E-state index is 0.132. The molecule has 1 atom stereocenters. The van der Waals surface area contributed by atoms with Crippen molar-refractivity contribution >= 4 is 0 Å². The number of ether oxygens (including phenoxy) is 8. The van der Waals surface area contributed by atoms with Crippen molar-refractivity contribution < 1.29 is 37.9 Å². The van der Waals surface area contributed by atoms with E-state index in [0.29, 0.717) is 79.3 Å². The summed E-state index contributed by atoms with van der Waals surface area (Å²) in [6.45, 7) is 9.65. The molecule has 1 aliphatic heterocycles. The maximum absolute atomic E-state index is 5.98. The molecule has 2 aromatic carbocycles. The van der Waals surface area contributed by atoms with Gasteiger partial charge in [-0.1, -0.05) is 89.0 Å². The third-order valence-corrected chi connectivity index (χ3v) is 8.07. The molecule has 0 bridgehead atoms. The number of hydrogen-bond acceptors (Lipinski definition) is 8. The van der Waals surface area contributed by atoms with Crippen LogP contribution in [0.4, 0.5) is 0 Å². The molecule has 0 aliphatic carbocycles. The first kappa shape index (κ1) is 39.2. The first-order chi connectivity index (χ1) is 23.3. The van der Waals surface area contributed by atoms with Gasteiger partial charge in [0.05, 0.1) is 79.3 Å². The van der Waals surface area contributed by atoms with Crippen LogP contribution < -0.4 is 9.47 Å². The summed E-state index contributed by atoms with van der Waals surface area (Å²) < 4.78 is 45.9. The topological polar surface area (TPSA) is 73.8 Å². The molecule has 0 radical (unpaired) electrons. The monoisotopic (exact) mass is 658 g/mol. The fraction of sp³-hybridized carbons (Fsp3) is 0.692. The molecule has 0 amide bonds. The predicted molar refractivity (Wildman–Crippen MR) is 188 cm³/mol. The van der Waals surface area contributed by atoms with Gasteiger partial charge in [0.15, 0.2) is 0 Å². The van der Waals surface area contributed by atoms with Crippen molar-refractivity contribution in [3.8, 4) is 22.6 Å². The first-order valence-corrected chi connectivity index (χ1v) is 18.3. The molecule has 1 fully saturated rings. The van der Waals surface area contributed by atoms with Gasteiger partial charge < -0.3 is 37.9 Å². The zero-order valence-electron chi connectivity index (χ0n) is 29.1. The van der Waals surface area contributed by atoms with E-state index >= 15 is 0 Å². The molecule has 8 heteroatoms. The minimum Gasteiger partial charge on any atom is -0.494 e. The summed E-state index contributed by atoms with van der Waals surface area (Å²) in [5.74, 6) is 1.82. The molecule has 1 unspecified atom stereocenters. The van der Waals surface area contributed by atoms with Crippen molar-refractivity contribution in [3.63, 3.8) is 0 Å². The predicted octanol–water partition coefficient (Wildman–Crippen LogP) is 8.29. The van der Waals surface area contributed by atoms with Gasteiger partial charge in [-0.15, -0.1) is 0 Å². The van der Waals surface area contributed by atoms with Crippen LogP contribution in [0.5, 0.6) is 11.5 Å². The van der Waals surface area contributed by atoms with Crippen molar-refractivity contribution in [1.82, 2.24) is 0 Å². The van der Waals surface area contributed by atoms with Crippen LogP contribution >= 0.6 is 0 Å². The van der Waals surface area contributed by atoms with E-state index in [0.717, 1.165) is 37.4 Å². The Morgan fingerprint density at radius 2 is 0.915 bits per heavy atom. The van der Waals surface area contributed by atoms with Crippen LogP contribution in [-0.4, -0.2) is 92.0 Å². The van der Waals surface area contributed by atoms with Gasteiger partial charge in [0.2, 0.25) is 0 Å². The van der Waals surface area contributed by atoms with Gasteiger partial charge in [0.25, 0.3) is 0 Å². The van der Waals surface area contributed by atoms with Gasteiger partial charge in [-0.25, -0.2) is 0 Å². The smallest absolute Gasteiger partial charge is 0.119 e. The van der Waals surface area contributed by atoms with Gasteiger partial charge in [-0.3, -0.25) is 0 Å². The normalized spacial score (nSPS) is 17.1. The summed E-state index contributed by atoms with van der Waals surface area (Å²) >= 11 is 0. The molecule has 0 N–H and O–H groups in total. The van der Waals surface area contributed by atoms with Crippen LogP contribution in [0.1, 0.15) is 84.0 Å². The molecule has 3 rings (SSSR count). The number of rotatable bonds is 21. The Morgan fingerprint density at radius 3 is 1.45 bits per heavy atom. The average Bonchev–Trinajstić information content (AvgIpc) is 3.11.